The van der Waals surface area contributed by atoms with Crippen LogP contribution in [0.5, 0.6) is 0 Å². The highest BCUT2D eigenvalue weighted by Crippen LogP contribution is 2.17. The highest BCUT2D eigenvalue weighted by Gasteiger charge is 2.36. The van der Waals surface area contributed by atoms with Crippen LogP contribution in [0.3, 0.4) is 0 Å². The van der Waals surface area contributed by atoms with Gasteiger partial charge in [0.15, 0.2) is 5.78 Å². The smallest absolute Gasteiger partial charge is 0.158 e. The lowest BCUT2D eigenvalue weighted by Crippen LogP contribution is -2.63. The van der Waals surface area contributed by atoms with E-state index in [0.29, 0.717) is 12.2 Å². The number of rotatable bonds is 4. The van der Waals surface area contributed by atoms with Gasteiger partial charge in [0, 0.05) is 51.7 Å². The summed E-state index contributed by atoms with van der Waals surface area (Å²) in [5.74, 6) is 1.22. The van der Waals surface area contributed by atoms with E-state index in [4.69, 9.17) is 0 Å². The SMILES string of the molecule is CCn1ccnc1CC(=O)C1CN2CCN1CC2. The van der Waals surface area contributed by atoms with Gasteiger partial charge in [-0.1, -0.05) is 0 Å². The number of nitrogens with zero attached hydrogens (tertiary/aromatic N) is 4. The minimum Gasteiger partial charge on any atom is -0.335 e. The van der Waals surface area contributed by atoms with Crippen molar-refractivity contribution < 1.29 is 4.79 Å². The van der Waals surface area contributed by atoms with Gasteiger partial charge >= 0.3 is 0 Å². The molecule has 0 radical (unpaired) electrons. The molecule has 1 unspecified atom stereocenters. The molecule has 0 aliphatic carbocycles. The lowest BCUT2D eigenvalue weighted by atomic mass is 10.0. The molecule has 3 aliphatic rings. The Morgan fingerprint density at radius 2 is 2.17 bits per heavy atom. The van der Waals surface area contributed by atoms with Crippen molar-refractivity contribution in [1.29, 1.82) is 0 Å². The van der Waals surface area contributed by atoms with Crippen LogP contribution in [0.15, 0.2) is 12.4 Å². The molecule has 3 fully saturated rings. The summed E-state index contributed by atoms with van der Waals surface area (Å²) in [5.41, 5.74) is 0. The molecule has 18 heavy (non-hydrogen) atoms. The number of aryl methyl sites for hydroxylation is 1. The number of fused-ring (bicyclic) bond motifs is 3. The van der Waals surface area contributed by atoms with Gasteiger partial charge in [-0.05, 0) is 6.92 Å². The number of piperazine rings is 3. The van der Waals surface area contributed by atoms with Crippen LogP contribution in [0.25, 0.3) is 0 Å². The molecule has 0 saturated carbocycles. The molecular weight excluding hydrogens is 228 g/mol. The molecule has 2 bridgehead atoms. The average Bonchev–Trinajstić information content (AvgIpc) is 2.87. The molecule has 3 saturated heterocycles. The van der Waals surface area contributed by atoms with Gasteiger partial charge < -0.3 is 4.57 Å². The van der Waals surface area contributed by atoms with Crippen molar-refractivity contribution in [2.24, 2.45) is 0 Å². The quantitative estimate of drug-likeness (QED) is 0.753. The van der Waals surface area contributed by atoms with Gasteiger partial charge in [-0.2, -0.15) is 0 Å². The van der Waals surface area contributed by atoms with Crippen LogP contribution in [0.4, 0.5) is 0 Å². The fourth-order valence-electron chi connectivity index (χ4n) is 2.99. The number of carbonyl (C=O) groups excluding carboxylic acids is 1. The third-order valence-electron chi connectivity index (χ3n) is 4.13. The number of hydrogen-bond acceptors (Lipinski definition) is 4. The van der Waals surface area contributed by atoms with Crippen LogP contribution < -0.4 is 0 Å². The van der Waals surface area contributed by atoms with Gasteiger partial charge in [0.1, 0.15) is 5.82 Å². The van der Waals surface area contributed by atoms with E-state index in [-0.39, 0.29) is 6.04 Å². The third kappa shape index (κ3) is 2.08. The summed E-state index contributed by atoms with van der Waals surface area (Å²) >= 11 is 0. The molecular formula is C13H20N4O. The molecule has 0 aromatic carbocycles. The normalized spacial score (nSPS) is 30.6. The molecule has 4 heterocycles. The van der Waals surface area contributed by atoms with Crippen molar-refractivity contribution in [2.45, 2.75) is 25.9 Å². The maximum Gasteiger partial charge on any atom is 0.158 e. The minimum absolute atomic E-state index is 0.0921. The van der Waals surface area contributed by atoms with E-state index in [1.165, 1.54) is 0 Å². The minimum atomic E-state index is 0.0921. The fraction of sp³-hybridized carbons (Fsp3) is 0.692. The zero-order valence-electron chi connectivity index (χ0n) is 10.9. The van der Waals surface area contributed by atoms with Crippen molar-refractivity contribution in [3.8, 4) is 0 Å². The second-order valence-electron chi connectivity index (χ2n) is 5.12. The molecule has 0 amide bonds. The Balaban J connectivity index is 1.68. The van der Waals surface area contributed by atoms with E-state index >= 15 is 0 Å². The predicted octanol–water partition coefficient (Wildman–Crippen LogP) is 0.0144. The number of ketones is 1. The Bertz CT molecular complexity index is 434. The maximum absolute atomic E-state index is 12.4. The first kappa shape index (κ1) is 11.9. The molecule has 98 valence electrons. The van der Waals surface area contributed by atoms with Crippen molar-refractivity contribution in [1.82, 2.24) is 19.4 Å². The van der Waals surface area contributed by atoms with Crippen molar-refractivity contribution in [3.05, 3.63) is 18.2 Å². The monoisotopic (exact) mass is 248 g/mol. The van der Waals surface area contributed by atoms with Crippen LogP contribution in [-0.4, -0.2) is 63.9 Å². The molecule has 1 aromatic rings. The predicted molar refractivity (Wildman–Crippen MR) is 68.4 cm³/mol. The largest absolute Gasteiger partial charge is 0.335 e. The van der Waals surface area contributed by atoms with E-state index in [1.54, 1.807) is 6.20 Å². The molecule has 5 heteroatoms. The lowest BCUT2D eigenvalue weighted by molar-refractivity contribution is -0.128. The fourth-order valence-corrected chi connectivity index (χ4v) is 2.99. The van der Waals surface area contributed by atoms with Gasteiger partial charge in [0.05, 0.1) is 12.5 Å². The van der Waals surface area contributed by atoms with Crippen LogP contribution in [0.2, 0.25) is 0 Å². The zero-order valence-corrected chi connectivity index (χ0v) is 10.9. The summed E-state index contributed by atoms with van der Waals surface area (Å²) in [5, 5.41) is 0. The number of Topliss-reactive ketones (excluding diaryl/α,β-unsaturated/α-hetero) is 1. The summed E-state index contributed by atoms with van der Waals surface area (Å²) in [6.07, 6.45) is 4.19. The second kappa shape index (κ2) is 4.82. The van der Waals surface area contributed by atoms with Gasteiger partial charge in [-0.15, -0.1) is 0 Å². The summed E-state index contributed by atoms with van der Waals surface area (Å²) in [6, 6.07) is 0.0921. The Labute approximate surface area is 107 Å². The molecule has 1 aromatic heterocycles. The maximum atomic E-state index is 12.4. The van der Waals surface area contributed by atoms with Gasteiger partial charge in [-0.25, -0.2) is 4.98 Å². The Morgan fingerprint density at radius 3 is 2.78 bits per heavy atom. The highest BCUT2D eigenvalue weighted by molar-refractivity contribution is 5.86. The number of hydrogen-bond donors (Lipinski definition) is 0. The molecule has 0 N–H and O–H groups in total. The first-order chi connectivity index (χ1) is 8.78. The first-order valence-electron chi connectivity index (χ1n) is 6.77. The van der Waals surface area contributed by atoms with Crippen molar-refractivity contribution in [2.75, 3.05) is 32.7 Å². The van der Waals surface area contributed by atoms with Crippen LogP contribution in [-0.2, 0) is 17.8 Å². The number of carbonyl (C=O) groups is 1. The Hall–Kier alpha value is -1.20. The molecule has 1 atom stereocenters. The van der Waals surface area contributed by atoms with Crippen LogP contribution >= 0.6 is 0 Å². The van der Waals surface area contributed by atoms with Crippen molar-refractivity contribution in [3.63, 3.8) is 0 Å². The summed E-state index contributed by atoms with van der Waals surface area (Å²) in [6.45, 7) is 8.18. The first-order valence-corrected chi connectivity index (χ1v) is 6.77. The molecule has 3 aliphatic heterocycles. The Morgan fingerprint density at radius 1 is 1.39 bits per heavy atom. The van der Waals surface area contributed by atoms with E-state index in [1.807, 2.05) is 6.20 Å². The molecule has 0 spiro atoms. The third-order valence-corrected chi connectivity index (χ3v) is 4.13. The van der Waals surface area contributed by atoms with E-state index in [0.717, 1.165) is 45.1 Å². The summed E-state index contributed by atoms with van der Waals surface area (Å²) in [4.78, 5) is 21.4. The van der Waals surface area contributed by atoms with E-state index in [9.17, 15) is 4.79 Å². The van der Waals surface area contributed by atoms with Gasteiger partial charge in [0.25, 0.3) is 0 Å². The molecule has 4 rings (SSSR count). The number of imidazole rings is 1. The number of aromatic nitrogens is 2. The topological polar surface area (TPSA) is 41.4 Å². The van der Waals surface area contributed by atoms with E-state index < -0.39 is 0 Å². The molecule has 5 nitrogen and oxygen atoms in total. The Kier molecular flexibility index (Phi) is 3.18. The van der Waals surface area contributed by atoms with Gasteiger partial charge in [0.2, 0.25) is 0 Å². The second-order valence-corrected chi connectivity index (χ2v) is 5.12. The van der Waals surface area contributed by atoms with Gasteiger partial charge in [-0.3, -0.25) is 14.6 Å². The zero-order chi connectivity index (χ0) is 12.5. The lowest BCUT2D eigenvalue weighted by Gasteiger charge is -2.46. The summed E-state index contributed by atoms with van der Waals surface area (Å²) in [7, 11) is 0. The van der Waals surface area contributed by atoms with Crippen LogP contribution in [0, 0.1) is 0 Å². The summed E-state index contributed by atoms with van der Waals surface area (Å²) < 4.78 is 2.05. The average molecular weight is 248 g/mol. The van der Waals surface area contributed by atoms with E-state index in [2.05, 4.69) is 26.3 Å². The van der Waals surface area contributed by atoms with Crippen LogP contribution in [0.1, 0.15) is 12.7 Å². The standard InChI is InChI=1S/C13H20N4O/c1-2-16-4-3-14-13(16)9-12(18)11-10-15-5-7-17(11)8-6-15/h3-4,11H,2,5-10H2,1H3. The van der Waals surface area contributed by atoms with Crippen molar-refractivity contribution >= 4 is 5.78 Å². The highest BCUT2D eigenvalue weighted by atomic mass is 16.1.